The van der Waals surface area contributed by atoms with Crippen LogP contribution in [0.5, 0.6) is 0 Å². The number of fused-ring (bicyclic) bond motifs is 1. The van der Waals surface area contributed by atoms with Gasteiger partial charge in [0.1, 0.15) is 5.65 Å². The second-order valence-corrected chi connectivity index (χ2v) is 4.68. The first-order chi connectivity index (χ1) is 12.3. The molecule has 1 unspecified atom stereocenters. The average molecular weight is 286 g/mol. The van der Waals surface area contributed by atoms with E-state index < -0.39 is 31.2 Å². The first-order valence-corrected chi connectivity index (χ1v) is 6.30. The predicted molar refractivity (Wildman–Crippen MR) is 78.1 cm³/mol. The second-order valence-electron chi connectivity index (χ2n) is 4.68. The van der Waals surface area contributed by atoms with E-state index in [0.717, 1.165) is 4.57 Å². The highest BCUT2D eigenvalue weighted by Gasteiger charge is 2.13. The van der Waals surface area contributed by atoms with Gasteiger partial charge in [0.25, 0.3) is 5.56 Å². The lowest BCUT2D eigenvalue weighted by Gasteiger charge is -2.09. The Morgan fingerprint density at radius 1 is 1.50 bits per heavy atom. The zero-order valence-electron chi connectivity index (χ0n) is 18.1. The maximum Gasteiger partial charge on any atom is 0.332 e. The van der Waals surface area contributed by atoms with Crippen LogP contribution in [-0.4, -0.2) is 25.3 Å². The van der Waals surface area contributed by atoms with Gasteiger partial charge in [-0.3, -0.25) is 13.9 Å². The maximum atomic E-state index is 12.7. The molecule has 0 radical (unpaired) electrons. The van der Waals surface area contributed by atoms with Crippen LogP contribution < -0.4 is 11.2 Å². The highest BCUT2D eigenvalue weighted by atomic mass is 16.3. The number of aryl methyl sites for hydroxylation is 2. The van der Waals surface area contributed by atoms with Gasteiger partial charge in [0.2, 0.25) is 0 Å². The van der Waals surface area contributed by atoms with E-state index in [2.05, 4.69) is 4.98 Å². The molecule has 0 amide bonds. The second kappa shape index (κ2) is 5.66. The van der Waals surface area contributed by atoms with Gasteiger partial charge in [-0.1, -0.05) is 0 Å². The zero-order valence-corrected chi connectivity index (χ0v) is 11.1. The van der Waals surface area contributed by atoms with Crippen LogP contribution in [0.25, 0.3) is 11.0 Å². The van der Waals surface area contributed by atoms with Crippen LogP contribution in [0.15, 0.2) is 15.8 Å². The number of aliphatic hydroxyl groups is 1. The average Bonchev–Trinajstić information content (AvgIpc) is 2.78. The number of hydrogen-bond acceptors (Lipinski definition) is 3. The van der Waals surface area contributed by atoms with Gasteiger partial charge in [-0.05, 0) is 38.6 Å². The van der Waals surface area contributed by atoms with E-state index in [1.165, 1.54) is 6.92 Å². The minimum Gasteiger partial charge on any atom is -0.393 e. The Bertz CT molecular complexity index is 952. The van der Waals surface area contributed by atoms with Crippen LogP contribution in [0.4, 0.5) is 0 Å². The van der Waals surface area contributed by atoms with Gasteiger partial charge < -0.3 is 10.1 Å². The van der Waals surface area contributed by atoms with E-state index >= 15 is 0 Å². The lowest BCUT2D eigenvalue weighted by molar-refractivity contribution is 0.180. The summed E-state index contributed by atoms with van der Waals surface area (Å²) in [6.45, 7) is -4.01. The van der Waals surface area contributed by atoms with Gasteiger partial charge in [0.05, 0.1) is 12.9 Å². The number of nitrogens with one attached hydrogen (secondary N) is 1. The van der Waals surface area contributed by atoms with Gasteiger partial charge in [-0.2, -0.15) is 0 Å². The third-order valence-electron chi connectivity index (χ3n) is 3.19. The Hall–Kier alpha value is -1.82. The van der Waals surface area contributed by atoms with Crippen LogP contribution in [-0.2, 0) is 13.5 Å². The normalized spacial score (nSPS) is 19.4. The number of nitrogens with zero attached hydrogens (tertiary/aromatic N) is 2. The Kier molecular flexibility index (Phi) is 2.22. The molecule has 20 heavy (non-hydrogen) atoms. The smallest absolute Gasteiger partial charge is 0.332 e. The molecule has 2 aromatic rings. The molecule has 6 heteroatoms. The summed E-state index contributed by atoms with van der Waals surface area (Å²) in [6.07, 6.45) is -1.27. The molecule has 0 aliphatic heterocycles. The molecule has 2 heterocycles. The summed E-state index contributed by atoms with van der Waals surface area (Å²) in [4.78, 5) is 27.7. The lowest BCUT2D eigenvalue weighted by atomic mass is 10.2. The van der Waals surface area contributed by atoms with Crippen LogP contribution >= 0.6 is 0 Å². The molecule has 110 valence electrons. The van der Waals surface area contributed by atoms with E-state index in [1.54, 1.807) is 0 Å². The van der Waals surface area contributed by atoms with Gasteiger partial charge in [0, 0.05) is 27.9 Å². The first kappa shape index (κ1) is 7.83. The summed E-state index contributed by atoms with van der Waals surface area (Å²) in [5.41, 5.74) is -1.73. The molecule has 0 aromatic carbocycles. The fourth-order valence-corrected chi connectivity index (χ4v) is 2.13. The molecule has 0 aliphatic rings. The molecule has 2 N–H and O–H groups in total. The topological polar surface area (TPSA) is 80.0 Å². The molecular formula is C14H21N3O3. The molecule has 2 aromatic heterocycles. The Labute approximate surface area is 126 Å². The molecule has 6 nitrogen and oxygen atoms in total. The molecule has 0 bridgehead atoms. The number of aromatic nitrogens is 3. The standard InChI is InChI=1S/C14H21N3O3/c1-9-8-15-12-11(9)13(19)17(14(20)16(12)3)7-5-4-6-10(2)18/h8,10,15,18H,4-7H2,1-3H3/i2D3,3D3,8D. The molecule has 1 atom stereocenters. The van der Waals surface area contributed by atoms with Crippen molar-refractivity contribution in [2.75, 3.05) is 0 Å². The zero-order chi connectivity index (χ0) is 20.7. The molecule has 0 saturated heterocycles. The summed E-state index contributed by atoms with van der Waals surface area (Å²) < 4.78 is 53.1. The monoisotopic (exact) mass is 286 g/mol. The molecule has 0 aliphatic carbocycles. The lowest BCUT2D eigenvalue weighted by Crippen LogP contribution is -2.39. The van der Waals surface area contributed by atoms with Crippen molar-refractivity contribution in [3.63, 3.8) is 0 Å². The molecule has 2 rings (SSSR count). The quantitative estimate of drug-likeness (QED) is 0.801. The van der Waals surface area contributed by atoms with Crippen LogP contribution in [0, 0.1) is 6.92 Å². The Morgan fingerprint density at radius 2 is 2.30 bits per heavy atom. The molecular weight excluding hydrogens is 258 g/mol. The number of H-pyrrole nitrogens is 1. The minimum atomic E-state index is -2.86. The van der Waals surface area contributed by atoms with Gasteiger partial charge in [0.15, 0.2) is 0 Å². The van der Waals surface area contributed by atoms with Crippen molar-refractivity contribution in [2.45, 2.75) is 45.7 Å². The maximum absolute atomic E-state index is 12.7. The van der Waals surface area contributed by atoms with E-state index in [0.29, 0.717) is 4.57 Å². The largest absolute Gasteiger partial charge is 0.393 e. The predicted octanol–water partition coefficient (Wildman–Crippen LogP) is 0.888. The first-order valence-electron chi connectivity index (χ1n) is 9.80. The fraction of sp³-hybridized carbons (Fsp3) is 0.571. The van der Waals surface area contributed by atoms with E-state index in [-0.39, 0.29) is 48.6 Å². The molecule has 0 saturated carbocycles. The number of hydrogen-bond donors (Lipinski definition) is 2. The summed E-state index contributed by atoms with van der Waals surface area (Å²) in [7, 11) is 0. The number of aromatic amines is 1. The van der Waals surface area contributed by atoms with Crippen LogP contribution in [0.3, 0.4) is 0 Å². The van der Waals surface area contributed by atoms with E-state index in [9.17, 15) is 14.7 Å². The number of unbranched alkanes of at least 4 members (excludes halogenated alkanes) is 1. The summed E-state index contributed by atoms with van der Waals surface area (Å²) in [5.74, 6) is 0. The van der Waals surface area contributed by atoms with Gasteiger partial charge in [-0.25, -0.2) is 4.79 Å². The van der Waals surface area contributed by atoms with Crippen molar-refractivity contribution in [1.29, 1.82) is 0 Å². The van der Waals surface area contributed by atoms with Crippen molar-refractivity contribution in [1.82, 2.24) is 14.1 Å². The summed E-state index contributed by atoms with van der Waals surface area (Å²) in [6, 6.07) is 0. The third-order valence-corrected chi connectivity index (χ3v) is 3.19. The van der Waals surface area contributed by atoms with Crippen molar-refractivity contribution in [3.8, 4) is 0 Å². The highest BCUT2D eigenvalue weighted by molar-refractivity contribution is 5.78. The summed E-state index contributed by atoms with van der Waals surface area (Å²) >= 11 is 0. The van der Waals surface area contributed by atoms with Crippen molar-refractivity contribution in [2.24, 2.45) is 6.98 Å². The van der Waals surface area contributed by atoms with Gasteiger partial charge >= 0.3 is 5.69 Å². The Balaban J connectivity index is 2.42. The minimum absolute atomic E-state index is 0.0407. The SMILES string of the molecule is [2H]c1[nH]c2c(c1C)c(=O)n(CCCCC(O)C([2H])([2H])[2H])c(=O)n2C([2H])([2H])[2H]. The number of aliphatic hydroxyl groups excluding tert-OH is 1. The molecule has 0 fully saturated rings. The van der Waals surface area contributed by atoms with Crippen molar-refractivity contribution in [3.05, 3.63) is 32.6 Å². The van der Waals surface area contributed by atoms with E-state index in [4.69, 9.17) is 9.60 Å². The fourth-order valence-electron chi connectivity index (χ4n) is 2.13. The van der Waals surface area contributed by atoms with Crippen molar-refractivity contribution < 1.29 is 14.7 Å². The van der Waals surface area contributed by atoms with Crippen LogP contribution in [0.1, 0.15) is 41.3 Å². The number of rotatable bonds is 5. The highest BCUT2D eigenvalue weighted by Crippen LogP contribution is 2.10. The summed E-state index contributed by atoms with van der Waals surface area (Å²) in [5, 5.41) is 9.48. The third kappa shape index (κ3) is 2.56. The van der Waals surface area contributed by atoms with Crippen molar-refractivity contribution >= 4 is 11.0 Å². The Morgan fingerprint density at radius 3 is 3.00 bits per heavy atom. The molecule has 0 spiro atoms. The van der Waals surface area contributed by atoms with E-state index in [1.807, 2.05) is 0 Å². The van der Waals surface area contributed by atoms with Gasteiger partial charge in [-0.15, -0.1) is 0 Å². The van der Waals surface area contributed by atoms with Crippen LogP contribution in [0.2, 0.25) is 0 Å².